The molecule has 1 fully saturated rings. The molecule has 6 heteroatoms. The Hall–Kier alpha value is -2.60. The van der Waals surface area contributed by atoms with Crippen LogP contribution in [0.15, 0.2) is 48.5 Å². The molecule has 2 N–H and O–H groups in total. The van der Waals surface area contributed by atoms with Gasteiger partial charge in [0.1, 0.15) is 11.5 Å². The Morgan fingerprint density at radius 1 is 0.941 bits per heavy atom. The van der Waals surface area contributed by atoms with Crippen LogP contribution >= 0.6 is 12.2 Å². The van der Waals surface area contributed by atoms with E-state index in [4.69, 9.17) is 21.7 Å². The van der Waals surface area contributed by atoms with Crippen LogP contribution in [0, 0.1) is 5.92 Å². The summed E-state index contributed by atoms with van der Waals surface area (Å²) in [5.41, 5.74) is 1.27. The molecule has 0 radical (unpaired) electrons. The first-order valence-electron chi connectivity index (χ1n) is 12.7. The third-order valence-electron chi connectivity index (χ3n) is 6.25. The summed E-state index contributed by atoms with van der Waals surface area (Å²) in [6.45, 7) is 3.53. The Morgan fingerprint density at radius 3 is 2.47 bits per heavy atom. The predicted molar refractivity (Wildman–Crippen MR) is 143 cm³/mol. The van der Waals surface area contributed by atoms with E-state index in [2.05, 4.69) is 17.6 Å². The maximum absolute atomic E-state index is 12.8. The lowest BCUT2D eigenvalue weighted by atomic mass is 9.87. The number of amides is 1. The summed E-state index contributed by atoms with van der Waals surface area (Å²) in [7, 11) is 0. The maximum atomic E-state index is 12.8. The van der Waals surface area contributed by atoms with Crippen LogP contribution in [0.4, 0.5) is 5.69 Å². The molecule has 1 aliphatic rings. The fraction of sp³-hybridized carbons (Fsp3) is 0.500. The third-order valence-corrected chi connectivity index (χ3v) is 6.45. The molecule has 0 bridgehead atoms. The molecule has 2 aromatic rings. The number of para-hydroxylation sites is 1. The summed E-state index contributed by atoms with van der Waals surface area (Å²) < 4.78 is 11.8. The van der Waals surface area contributed by atoms with Crippen molar-refractivity contribution in [3.05, 3.63) is 54.1 Å². The minimum atomic E-state index is -0.288. The molecule has 2 aromatic carbocycles. The lowest BCUT2D eigenvalue weighted by Crippen LogP contribution is -2.34. The van der Waals surface area contributed by atoms with Crippen LogP contribution < -0.4 is 20.1 Å². The molecule has 3 rings (SSSR count). The number of anilines is 1. The molecule has 0 spiro atoms. The van der Waals surface area contributed by atoms with Crippen LogP contribution in [0.5, 0.6) is 11.5 Å². The van der Waals surface area contributed by atoms with Gasteiger partial charge < -0.3 is 14.8 Å². The second-order valence-electron chi connectivity index (χ2n) is 8.98. The largest absolute Gasteiger partial charge is 0.494 e. The minimum Gasteiger partial charge on any atom is -0.494 e. The fourth-order valence-electron chi connectivity index (χ4n) is 4.28. The van der Waals surface area contributed by atoms with Crippen LogP contribution in [0.1, 0.15) is 81.5 Å². The second kappa shape index (κ2) is 14.6. The highest BCUT2D eigenvalue weighted by atomic mass is 32.1. The smallest absolute Gasteiger partial charge is 0.261 e. The van der Waals surface area contributed by atoms with Gasteiger partial charge in [0.2, 0.25) is 0 Å². The zero-order valence-corrected chi connectivity index (χ0v) is 21.1. The SMILES string of the molecule is CCCCCCOc1ccccc1C(=O)NC(=S)Nc1ccc(OCCC2CCCCC2)cc1. The van der Waals surface area contributed by atoms with E-state index in [1.807, 2.05) is 42.5 Å². The molecule has 0 unspecified atom stereocenters. The Kier molecular flexibility index (Phi) is 11.2. The van der Waals surface area contributed by atoms with E-state index in [-0.39, 0.29) is 11.0 Å². The summed E-state index contributed by atoms with van der Waals surface area (Å²) in [4.78, 5) is 12.8. The monoisotopic (exact) mass is 482 g/mol. The third kappa shape index (κ3) is 8.98. The van der Waals surface area contributed by atoms with Crippen molar-refractivity contribution >= 4 is 28.9 Å². The van der Waals surface area contributed by atoms with Crippen LogP contribution in [-0.2, 0) is 0 Å². The van der Waals surface area contributed by atoms with E-state index in [9.17, 15) is 4.79 Å². The zero-order valence-electron chi connectivity index (χ0n) is 20.3. The highest BCUT2D eigenvalue weighted by Gasteiger charge is 2.14. The zero-order chi connectivity index (χ0) is 24.0. The fourth-order valence-corrected chi connectivity index (χ4v) is 4.49. The van der Waals surface area contributed by atoms with E-state index < -0.39 is 0 Å². The molecule has 34 heavy (non-hydrogen) atoms. The summed E-state index contributed by atoms with van der Waals surface area (Å²) >= 11 is 5.35. The quantitative estimate of drug-likeness (QED) is 0.249. The Morgan fingerprint density at radius 2 is 1.71 bits per heavy atom. The Balaban J connectivity index is 1.43. The first kappa shape index (κ1) is 26.0. The molecule has 0 heterocycles. The number of rotatable bonds is 12. The van der Waals surface area contributed by atoms with Crippen LogP contribution in [0.25, 0.3) is 0 Å². The van der Waals surface area contributed by atoms with Gasteiger partial charge in [-0.3, -0.25) is 10.1 Å². The number of hydrogen-bond donors (Lipinski definition) is 2. The summed E-state index contributed by atoms with van der Waals surface area (Å²) in [6, 6.07) is 14.9. The summed E-state index contributed by atoms with van der Waals surface area (Å²) in [5, 5.41) is 6.06. The summed E-state index contributed by atoms with van der Waals surface area (Å²) in [5.74, 6) is 1.95. The standard InChI is InChI=1S/C28H38N2O3S/c1-2-3-4-10-20-33-26-14-9-8-13-25(26)27(31)30-28(34)29-23-15-17-24(18-16-23)32-21-19-22-11-6-5-7-12-22/h8-9,13-18,22H,2-7,10-12,19-21H2,1H3,(H2,29,30,31,34). The van der Waals surface area contributed by atoms with Gasteiger partial charge in [-0.25, -0.2) is 0 Å². The van der Waals surface area contributed by atoms with E-state index in [0.29, 0.717) is 17.9 Å². The van der Waals surface area contributed by atoms with Crippen LogP contribution in [0.2, 0.25) is 0 Å². The molecular formula is C28H38N2O3S. The van der Waals surface area contributed by atoms with E-state index in [1.54, 1.807) is 6.07 Å². The highest BCUT2D eigenvalue weighted by Crippen LogP contribution is 2.26. The average molecular weight is 483 g/mol. The van der Waals surface area contributed by atoms with Crippen molar-refractivity contribution in [3.63, 3.8) is 0 Å². The molecule has 1 aliphatic carbocycles. The van der Waals surface area contributed by atoms with Crippen molar-refractivity contribution in [1.29, 1.82) is 0 Å². The lowest BCUT2D eigenvalue weighted by Gasteiger charge is -2.21. The van der Waals surface area contributed by atoms with Gasteiger partial charge in [-0.2, -0.15) is 0 Å². The molecule has 1 amide bonds. The molecule has 0 saturated heterocycles. The van der Waals surface area contributed by atoms with E-state index >= 15 is 0 Å². The molecule has 5 nitrogen and oxygen atoms in total. The van der Waals surface area contributed by atoms with Crippen molar-refractivity contribution in [2.75, 3.05) is 18.5 Å². The van der Waals surface area contributed by atoms with Crippen molar-refractivity contribution in [3.8, 4) is 11.5 Å². The number of benzene rings is 2. The van der Waals surface area contributed by atoms with Crippen molar-refractivity contribution < 1.29 is 14.3 Å². The van der Waals surface area contributed by atoms with Crippen molar-refractivity contribution in [1.82, 2.24) is 5.32 Å². The number of thiocarbonyl (C=S) groups is 1. The van der Waals surface area contributed by atoms with Gasteiger partial charge in [0.25, 0.3) is 5.91 Å². The first-order valence-corrected chi connectivity index (χ1v) is 13.1. The van der Waals surface area contributed by atoms with Gasteiger partial charge in [0.15, 0.2) is 5.11 Å². The van der Waals surface area contributed by atoms with Gasteiger partial charge in [-0.1, -0.05) is 70.4 Å². The summed E-state index contributed by atoms with van der Waals surface area (Å²) in [6.07, 6.45) is 12.4. The molecule has 0 atom stereocenters. The molecular weight excluding hydrogens is 444 g/mol. The minimum absolute atomic E-state index is 0.244. The second-order valence-corrected chi connectivity index (χ2v) is 9.39. The topological polar surface area (TPSA) is 59.6 Å². The molecule has 0 aromatic heterocycles. The first-order chi connectivity index (χ1) is 16.7. The number of nitrogens with one attached hydrogen (secondary N) is 2. The van der Waals surface area contributed by atoms with Crippen molar-refractivity contribution in [2.24, 2.45) is 5.92 Å². The van der Waals surface area contributed by atoms with E-state index in [0.717, 1.165) is 43.2 Å². The average Bonchev–Trinajstić information content (AvgIpc) is 2.86. The lowest BCUT2D eigenvalue weighted by molar-refractivity contribution is 0.0973. The Labute approximate surface area is 209 Å². The van der Waals surface area contributed by atoms with E-state index in [1.165, 1.54) is 44.9 Å². The number of unbranched alkanes of at least 4 members (excludes halogenated alkanes) is 3. The predicted octanol–water partition coefficient (Wildman–Crippen LogP) is 7.12. The van der Waals surface area contributed by atoms with Crippen LogP contribution in [0.3, 0.4) is 0 Å². The molecule has 184 valence electrons. The maximum Gasteiger partial charge on any atom is 0.261 e. The van der Waals surface area contributed by atoms with Gasteiger partial charge in [0, 0.05) is 5.69 Å². The molecule has 1 saturated carbocycles. The Bertz CT molecular complexity index is 895. The van der Waals surface area contributed by atoms with Gasteiger partial charge in [0.05, 0.1) is 18.8 Å². The van der Waals surface area contributed by atoms with Gasteiger partial charge >= 0.3 is 0 Å². The van der Waals surface area contributed by atoms with Gasteiger partial charge in [-0.15, -0.1) is 0 Å². The number of carbonyl (C=O) groups is 1. The van der Waals surface area contributed by atoms with Crippen LogP contribution in [-0.4, -0.2) is 24.2 Å². The molecule has 0 aliphatic heterocycles. The normalized spacial score (nSPS) is 13.8. The highest BCUT2D eigenvalue weighted by molar-refractivity contribution is 7.80. The van der Waals surface area contributed by atoms with Crippen molar-refractivity contribution in [2.45, 2.75) is 71.1 Å². The number of hydrogen-bond acceptors (Lipinski definition) is 4. The van der Waals surface area contributed by atoms with Gasteiger partial charge in [-0.05, 0) is 67.4 Å². The number of carbonyl (C=O) groups excluding carboxylic acids is 1. The number of ether oxygens (including phenoxy) is 2.